The Bertz CT molecular complexity index is 1560. The molecule has 5 rings (SSSR count). The summed E-state index contributed by atoms with van der Waals surface area (Å²) in [5.41, 5.74) is 2.74. The number of nitrogens with zero attached hydrogens (tertiary/aromatic N) is 2. The molecule has 0 bridgehead atoms. The molecule has 0 aliphatic carbocycles. The Morgan fingerprint density at radius 1 is 0.868 bits per heavy atom. The zero-order valence-electron chi connectivity index (χ0n) is 20.3. The van der Waals surface area contributed by atoms with E-state index in [9.17, 15) is 24.8 Å². The van der Waals surface area contributed by atoms with Gasteiger partial charge < -0.3 is 9.84 Å². The fourth-order valence-corrected chi connectivity index (χ4v) is 4.56. The maximum absolute atomic E-state index is 13.5. The Hall–Kier alpha value is -5.24. The number of carbonyl (C=O) groups is 2. The summed E-state index contributed by atoms with van der Waals surface area (Å²) in [6.45, 7) is 0. The third kappa shape index (κ3) is 4.39. The van der Waals surface area contributed by atoms with Crippen molar-refractivity contribution in [3.05, 3.63) is 130 Å². The van der Waals surface area contributed by atoms with Crippen LogP contribution in [0.3, 0.4) is 0 Å². The first-order chi connectivity index (χ1) is 18.4. The first kappa shape index (κ1) is 24.5. The van der Waals surface area contributed by atoms with Crippen LogP contribution in [0.4, 0.5) is 11.4 Å². The second-order valence-corrected chi connectivity index (χ2v) is 8.66. The van der Waals surface area contributed by atoms with E-state index in [2.05, 4.69) is 0 Å². The number of rotatable bonds is 6. The molecule has 0 radical (unpaired) electrons. The molecule has 1 atom stereocenters. The molecule has 1 N–H and O–H groups in total. The molecule has 38 heavy (non-hydrogen) atoms. The number of aliphatic hydroxyl groups is 1. The average molecular weight is 507 g/mol. The third-order valence-electron chi connectivity index (χ3n) is 6.46. The van der Waals surface area contributed by atoms with Crippen LogP contribution in [0.2, 0.25) is 0 Å². The van der Waals surface area contributed by atoms with E-state index in [1.807, 2.05) is 36.4 Å². The van der Waals surface area contributed by atoms with Crippen molar-refractivity contribution in [2.75, 3.05) is 12.0 Å². The van der Waals surface area contributed by atoms with E-state index in [0.29, 0.717) is 22.6 Å². The van der Waals surface area contributed by atoms with Crippen LogP contribution in [-0.4, -0.2) is 28.8 Å². The van der Waals surface area contributed by atoms with Crippen molar-refractivity contribution in [2.45, 2.75) is 6.04 Å². The lowest BCUT2D eigenvalue weighted by Gasteiger charge is -2.26. The number of methoxy groups -OCH3 is 1. The maximum Gasteiger partial charge on any atom is 0.300 e. The van der Waals surface area contributed by atoms with Gasteiger partial charge >= 0.3 is 0 Å². The lowest BCUT2D eigenvalue weighted by Crippen LogP contribution is -2.29. The molecule has 0 saturated carbocycles. The summed E-state index contributed by atoms with van der Waals surface area (Å²) >= 11 is 0. The van der Waals surface area contributed by atoms with Crippen molar-refractivity contribution in [1.29, 1.82) is 0 Å². The minimum absolute atomic E-state index is 0.112. The van der Waals surface area contributed by atoms with Crippen molar-refractivity contribution in [1.82, 2.24) is 0 Å². The Kier molecular flexibility index (Phi) is 6.45. The molecule has 1 aliphatic rings. The smallest absolute Gasteiger partial charge is 0.300 e. The topological polar surface area (TPSA) is 110 Å². The summed E-state index contributed by atoms with van der Waals surface area (Å²) < 4.78 is 5.17. The molecule has 188 valence electrons. The number of non-ortho nitro benzene ring substituents is 1. The fraction of sp³-hybridized carbons (Fsp3) is 0.0667. The highest BCUT2D eigenvalue weighted by Gasteiger charge is 2.47. The number of nitro groups is 1. The number of benzene rings is 4. The van der Waals surface area contributed by atoms with Gasteiger partial charge in [0, 0.05) is 23.4 Å². The number of hydrogen-bond donors (Lipinski definition) is 1. The molecule has 8 heteroatoms. The number of Topliss-reactive ketones (excluding diaryl/α,β-unsaturated/α-hetero) is 1. The molecule has 1 unspecified atom stereocenters. The highest BCUT2D eigenvalue weighted by molar-refractivity contribution is 6.51. The molecule has 1 aliphatic heterocycles. The fourth-order valence-electron chi connectivity index (χ4n) is 4.56. The Balaban J connectivity index is 1.68. The predicted molar refractivity (Wildman–Crippen MR) is 143 cm³/mol. The van der Waals surface area contributed by atoms with Gasteiger partial charge in [0.05, 0.1) is 23.6 Å². The van der Waals surface area contributed by atoms with Gasteiger partial charge in [0.15, 0.2) is 0 Å². The van der Waals surface area contributed by atoms with E-state index in [1.54, 1.807) is 42.5 Å². The predicted octanol–water partition coefficient (Wildman–Crippen LogP) is 5.90. The van der Waals surface area contributed by atoms with Crippen LogP contribution < -0.4 is 9.64 Å². The molecular formula is C30H22N2O6. The van der Waals surface area contributed by atoms with Gasteiger partial charge in [0.2, 0.25) is 0 Å². The molecule has 1 fully saturated rings. The molecule has 0 spiro atoms. The molecule has 0 aromatic heterocycles. The minimum Gasteiger partial charge on any atom is -0.507 e. The highest BCUT2D eigenvalue weighted by Crippen LogP contribution is 2.43. The Labute approximate surface area is 218 Å². The van der Waals surface area contributed by atoms with Crippen molar-refractivity contribution in [3.63, 3.8) is 0 Å². The molecular weight excluding hydrogens is 484 g/mol. The number of amides is 1. The monoisotopic (exact) mass is 506 g/mol. The molecule has 4 aromatic rings. The molecule has 8 nitrogen and oxygen atoms in total. The quantitative estimate of drug-likeness (QED) is 0.115. The Morgan fingerprint density at radius 3 is 2.16 bits per heavy atom. The summed E-state index contributed by atoms with van der Waals surface area (Å²) in [6, 6.07) is 27.8. The van der Waals surface area contributed by atoms with E-state index in [1.165, 1.54) is 36.3 Å². The number of nitro benzene ring substituents is 1. The van der Waals surface area contributed by atoms with E-state index in [0.717, 1.165) is 11.1 Å². The SMILES string of the molecule is COc1ccc(/C(O)=C2/C(=O)C(=O)N(c3cccc(-c4ccccc4)c3)C2c2ccc([N+](=O)[O-])cc2)cc1. The van der Waals surface area contributed by atoms with Crippen molar-refractivity contribution >= 4 is 28.8 Å². The molecule has 1 heterocycles. The molecule has 1 amide bonds. The number of hydrogen-bond acceptors (Lipinski definition) is 6. The Morgan fingerprint density at radius 2 is 1.53 bits per heavy atom. The van der Waals surface area contributed by atoms with E-state index >= 15 is 0 Å². The number of ketones is 1. The average Bonchev–Trinajstić information content (AvgIpc) is 3.23. The molecule has 4 aromatic carbocycles. The zero-order chi connectivity index (χ0) is 26.8. The summed E-state index contributed by atoms with van der Waals surface area (Å²) in [5.74, 6) is -1.46. The molecule has 1 saturated heterocycles. The van der Waals surface area contributed by atoms with Crippen molar-refractivity contribution < 1.29 is 24.4 Å². The van der Waals surface area contributed by atoms with E-state index in [-0.39, 0.29) is 17.0 Å². The number of ether oxygens (including phenoxy) is 1. The first-order valence-corrected chi connectivity index (χ1v) is 11.7. The lowest BCUT2D eigenvalue weighted by molar-refractivity contribution is -0.384. The van der Waals surface area contributed by atoms with Gasteiger partial charge in [0.25, 0.3) is 17.4 Å². The second-order valence-electron chi connectivity index (χ2n) is 8.66. The highest BCUT2D eigenvalue weighted by atomic mass is 16.6. The van der Waals surface area contributed by atoms with Crippen LogP contribution in [0.5, 0.6) is 5.75 Å². The number of aliphatic hydroxyl groups excluding tert-OH is 1. The van der Waals surface area contributed by atoms with Crippen LogP contribution >= 0.6 is 0 Å². The number of carbonyl (C=O) groups excluding carboxylic acids is 2. The largest absolute Gasteiger partial charge is 0.507 e. The van der Waals surface area contributed by atoms with Gasteiger partial charge in [-0.25, -0.2) is 0 Å². The maximum atomic E-state index is 13.5. The van der Waals surface area contributed by atoms with E-state index in [4.69, 9.17) is 4.74 Å². The lowest BCUT2D eigenvalue weighted by atomic mass is 9.94. The summed E-state index contributed by atoms with van der Waals surface area (Å²) in [5, 5.41) is 22.5. The van der Waals surface area contributed by atoms with Crippen LogP contribution in [0, 0.1) is 10.1 Å². The van der Waals surface area contributed by atoms with Crippen LogP contribution in [-0.2, 0) is 9.59 Å². The van der Waals surface area contributed by atoms with Crippen LogP contribution in [0.15, 0.2) is 109 Å². The van der Waals surface area contributed by atoms with Crippen LogP contribution in [0.1, 0.15) is 17.2 Å². The normalized spacial score (nSPS) is 16.4. The standard InChI is InChI=1S/C30H22N2O6/c1-38-25-16-12-21(13-17-25)28(33)26-27(20-10-14-23(15-11-20)32(36)37)31(30(35)29(26)34)24-9-5-8-22(18-24)19-6-3-2-4-7-19/h2-18,27,33H,1H3/b28-26-. The van der Waals surface area contributed by atoms with Crippen molar-refractivity contribution in [2.24, 2.45) is 0 Å². The van der Waals surface area contributed by atoms with Gasteiger partial charge in [-0.15, -0.1) is 0 Å². The summed E-state index contributed by atoms with van der Waals surface area (Å²) in [4.78, 5) is 38.9. The minimum atomic E-state index is -1.01. The van der Waals surface area contributed by atoms with Gasteiger partial charge in [-0.05, 0) is 65.2 Å². The summed E-state index contributed by atoms with van der Waals surface area (Å²) in [7, 11) is 1.51. The van der Waals surface area contributed by atoms with Gasteiger partial charge in [0.1, 0.15) is 11.5 Å². The van der Waals surface area contributed by atoms with Gasteiger partial charge in [-0.1, -0.05) is 42.5 Å². The zero-order valence-corrected chi connectivity index (χ0v) is 20.3. The summed E-state index contributed by atoms with van der Waals surface area (Å²) in [6.07, 6.45) is 0. The second kappa shape index (κ2) is 10.0. The van der Waals surface area contributed by atoms with Gasteiger partial charge in [-0.2, -0.15) is 0 Å². The van der Waals surface area contributed by atoms with Crippen LogP contribution in [0.25, 0.3) is 16.9 Å². The first-order valence-electron chi connectivity index (χ1n) is 11.7. The van der Waals surface area contributed by atoms with Gasteiger partial charge in [-0.3, -0.25) is 24.6 Å². The number of anilines is 1. The van der Waals surface area contributed by atoms with E-state index < -0.39 is 22.7 Å². The van der Waals surface area contributed by atoms with Crippen molar-refractivity contribution in [3.8, 4) is 16.9 Å². The third-order valence-corrected chi connectivity index (χ3v) is 6.46.